The number of ketones is 1. The highest BCUT2D eigenvalue weighted by Gasteiger charge is 2.10. The van der Waals surface area contributed by atoms with Crippen molar-refractivity contribution in [3.05, 3.63) is 64.2 Å². The molecule has 3 aromatic rings. The highest BCUT2D eigenvalue weighted by Crippen LogP contribution is 2.23. The highest BCUT2D eigenvalue weighted by molar-refractivity contribution is 5.97. The summed E-state index contributed by atoms with van der Waals surface area (Å²) in [5.41, 5.74) is 3.79. The molecule has 2 heterocycles. The van der Waals surface area contributed by atoms with Crippen LogP contribution in [0, 0.1) is 0 Å². The second-order valence-electron chi connectivity index (χ2n) is 5.24. The molecule has 22 heavy (non-hydrogen) atoms. The van der Waals surface area contributed by atoms with Gasteiger partial charge in [0.2, 0.25) is 0 Å². The van der Waals surface area contributed by atoms with E-state index in [0.29, 0.717) is 5.39 Å². The summed E-state index contributed by atoms with van der Waals surface area (Å²) >= 11 is 0. The predicted octanol–water partition coefficient (Wildman–Crippen LogP) is 3.36. The van der Waals surface area contributed by atoms with Crippen molar-refractivity contribution in [2.24, 2.45) is 0 Å². The summed E-state index contributed by atoms with van der Waals surface area (Å²) in [4.78, 5) is 31.0. The fourth-order valence-corrected chi connectivity index (χ4v) is 2.51. The molecule has 0 atom stereocenters. The minimum Gasteiger partial charge on any atom is -0.360 e. The van der Waals surface area contributed by atoms with E-state index in [2.05, 4.69) is 16.9 Å². The zero-order valence-electron chi connectivity index (χ0n) is 12.5. The van der Waals surface area contributed by atoms with Crippen LogP contribution in [0.5, 0.6) is 0 Å². The molecule has 0 aliphatic heterocycles. The molecule has 1 N–H and O–H groups in total. The lowest BCUT2D eigenvalue weighted by Crippen LogP contribution is -2.13. The van der Waals surface area contributed by atoms with Gasteiger partial charge in [0.1, 0.15) is 0 Å². The number of H-pyrrole nitrogens is 1. The first-order valence-corrected chi connectivity index (χ1v) is 7.22. The number of aromatic nitrogens is 2. The van der Waals surface area contributed by atoms with Crippen molar-refractivity contribution in [1.82, 2.24) is 9.97 Å². The summed E-state index contributed by atoms with van der Waals surface area (Å²) in [5.74, 6) is -0.228. The number of nitrogens with zero attached hydrogens (tertiary/aromatic N) is 1. The van der Waals surface area contributed by atoms with E-state index in [1.54, 1.807) is 12.3 Å². The van der Waals surface area contributed by atoms with Crippen LogP contribution in [-0.2, 0) is 6.42 Å². The van der Waals surface area contributed by atoms with Gasteiger partial charge in [-0.25, -0.2) is 0 Å². The fourth-order valence-electron chi connectivity index (χ4n) is 2.51. The molecule has 0 saturated heterocycles. The average molecular weight is 292 g/mol. The number of benzene rings is 1. The molecular formula is C18H16N2O2. The quantitative estimate of drug-likeness (QED) is 0.753. The van der Waals surface area contributed by atoms with E-state index in [9.17, 15) is 9.59 Å². The molecule has 110 valence electrons. The number of carbonyl (C=O) groups excluding carboxylic acids is 1. The summed E-state index contributed by atoms with van der Waals surface area (Å²) in [7, 11) is 0. The Hall–Kier alpha value is -2.75. The molecule has 2 aromatic heterocycles. The number of aromatic amines is 1. The second kappa shape index (κ2) is 5.56. The first kappa shape index (κ1) is 14.2. The van der Waals surface area contributed by atoms with E-state index in [4.69, 9.17) is 0 Å². The van der Waals surface area contributed by atoms with Crippen LogP contribution < -0.4 is 5.43 Å². The van der Waals surface area contributed by atoms with E-state index in [1.165, 1.54) is 13.1 Å². The molecule has 0 amide bonds. The highest BCUT2D eigenvalue weighted by atomic mass is 16.1. The molecule has 0 fully saturated rings. The average Bonchev–Trinajstić information content (AvgIpc) is 2.54. The third-order valence-electron chi connectivity index (χ3n) is 3.77. The van der Waals surface area contributed by atoms with Gasteiger partial charge in [0.15, 0.2) is 11.2 Å². The van der Waals surface area contributed by atoms with Crippen molar-refractivity contribution in [1.29, 1.82) is 0 Å². The molecule has 4 heteroatoms. The van der Waals surface area contributed by atoms with Crippen LogP contribution in [0.3, 0.4) is 0 Å². The van der Waals surface area contributed by atoms with Crippen LogP contribution in [-0.4, -0.2) is 15.8 Å². The molecule has 0 spiro atoms. The molecule has 0 radical (unpaired) electrons. The van der Waals surface area contributed by atoms with Crippen molar-refractivity contribution < 1.29 is 4.79 Å². The zero-order valence-corrected chi connectivity index (χ0v) is 12.5. The molecule has 0 bridgehead atoms. The number of carbonyl (C=O) groups is 1. The Bertz CT molecular complexity index is 926. The van der Waals surface area contributed by atoms with Gasteiger partial charge in [0.05, 0.1) is 5.56 Å². The van der Waals surface area contributed by atoms with Gasteiger partial charge in [-0.05, 0) is 48.7 Å². The Morgan fingerprint density at radius 1 is 1.18 bits per heavy atom. The van der Waals surface area contributed by atoms with Crippen molar-refractivity contribution in [3.8, 4) is 11.1 Å². The third kappa shape index (κ3) is 2.44. The molecular weight excluding hydrogens is 276 g/mol. The van der Waals surface area contributed by atoms with Crippen LogP contribution >= 0.6 is 0 Å². The Balaban J connectivity index is 2.16. The molecule has 0 unspecified atom stereocenters. The maximum atomic E-state index is 12.3. The number of Topliss-reactive ketones (excluding diaryl/α,β-unsaturated/α-hetero) is 1. The van der Waals surface area contributed by atoms with Crippen molar-refractivity contribution in [3.63, 3.8) is 0 Å². The monoisotopic (exact) mass is 292 g/mol. The van der Waals surface area contributed by atoms with E-state index < -0.39 is 0 Å². The van der Waals surface area contributed by atoms with Gasteiger partial charge in [0.25, 0.3) is 0 Å². The van der Waals surface area contributed by atoms with Gasteiger partial charge < -0.3 is 4.98 Å². The molecule has 0 aliphatic rings. The Kier molecular flexibility index (Phi) is 3.59. The van der Waals surface area contributed by atoms with Crippen molar-refractivity contribution >= 4 is 16.7 Å². The van der Waals surface area contributed by atoms with E-state index in [-0.39, 0.29) is 16.8 Å². The predicted molar refractivity (Wildman–Crippen MR) is 87.2 cm³/mol. The molecule has 0 saturated carbocycles. The van der Waals surface area contributed by atoms with Crippen molar-refractivity contribution in [2.45, 2.75) is 20.3 Å². The van der Waals surface area contributed by atoms with Gasteiger partial charge >= 0.3 is 0 Å². The van der Waals surface area contributed by atoms with Gasteiger partial charge in [-0.3, -0.25) is 14.6 Å². The SMILES string of the molecule is CCc1cc(-c2ccc3c(=O)c(C(C)=O)c[nH]c3c2)ccn1. The minimum absolute atomic E-state index is 0.192. The number of pyridine rings is 2. The van der Waals surface area contributed by atoms with Crippen molar-refractivity contribution in [2.75, 3.05) is 0 Å². The number of nitrogens with one attached hydrogen (secondary N) is 1. The summed E-state index contributed by atoms with van der Waals surface area (Å²) in [5, 5.41) is 0.529. The molecule has 1 aromatic carbocycles. The maximum absolute atomic E-state index is 12.3. The summed E-state index contributed by atoms with van der Waals surface area (Å²) < 4.78 is 0. The lowest BCUT2D eigenvalue weighted by atomic mass is 10.0. The van der Waals surface area contributed by atoms with Crippen LogP contribution in [0.25, 0.3) is 22.0 Å². The smallest absolute Gasteiger partial charge is 0.200 e. The maximum Gasteiger partial charge on any atom is 0.200 e. The number of fused-ring (bicyclic) bond motifs is 1. The first-order valence-electron chi connectivity index (χ1n) is 7.22. The van der Waals surface area contributed by atoms with Gasteiger partial charge in [-0.2, -0.15) is 0 Å². The fraction of sp³-hybridized carbons (Fsp3) is 0.167. The molecule has 3 rings (SSSR count). The van der Waals surface area contributed by atoms with Crippen LogP contribution in [0.2, 0.25) is 0 Å². The standard InChI is InChI=1S/C18H16N2O2/c1-3-14-8-13(6-7-19-14)12-4-5-15-17(9-12)20-10-16(11(2)21)18(15)22/h4-10H,3H2,1-2H3,(H,20,22). The zero-order chi connectivity index (χ0) is 15.7. The van der Waals surface area contributed by atoms with Gasteiger partial charge in [-0.1, -0.05) is 13.0 Å². The topological polar surface area (TPSA) is 62.8 Å². The number of hydrogen-bond acceptors (Lipinski definition) is 3. The first-order chi connectivity index (χ1) is 10.6. The summed E-state index contributed by atoms with van der Waals surface area (Å²) in [6, 6.07) is 9.58. The number of aryl methyl sites for hydroxylation is 1. The lowest BCUT2D eigenvalue weighted by molar-refractivity contribution is 0.101. The van der Waals surface area contributed by atoms with Crippen LogP contribution in [0.1, 0.15) is 29.9 Å². The second-order valence-corrected chi connectivity index (χ2v) is 5.24. The van der Waals surface area contributed by atoms with Crippen LogP contribution in [0.15, 0.2) is 47.5 Å². The van der Waals surface area contributed by atoms with E-state index in [0.717, 1.165) is 28.8 Å². The number of hydrogen-bond donors (Lipinski definition) is 1. The molecule has 4 nitrogen and oxygen atoms in total. The summed E-state index contributed by atoms with van der Waals surface area (Å²) in [6.45, 7) is 3.46. The van der Waals surface area contributed by atoms with Gasteiger partial charge in [0, 0.05) is 29.0 Å². The third-order valence-corrected chi connectivity index (χ3v) is 3.77. The lowest BCUT2D eigenvalue weighted by Gasteiger charge is -2.06. The van der Waals surface area contributed by atoms with E-state index >= 15 is 0 Å². The van der Waals surface area contributed by atoms with Crippen LogP contribution in [0.4, 0.5) is 0 Å². The van der Waals surface area contributed by atoms with Gasteiger partial charge in [-0.15, -0.1) is 0 Å². The Labute approximate surface area is 127 Å². The Morgan fingerprint density at radius 2 is 1.95 bits per heavy atom. The normalized spacial score (nSPS) is 10.8. The molecule has 0 aliphatic carbocycles. The summed E-state index contributed by atoms with van der Waals surface area (Å²) in [6.07, 6.45) is 4.15. The minimum atomic E-state index is -0.228. The number of rotatable bonds is 3. The Morgan fingerprint density at radius 3 is 2.68 bits per heavy atom. The largest absolute Gasteiger partial charge is 0.360 e. The van der Waals surface area contributed by atoms with E-state index in [1.807, 2.05) is 24.3 Å².